The molecule has 0 radical (unpaired) electrons. The smallest absolute Gasteiger partial charge is 0.222 e. The van der Waals surface area contributed by atoms with Gasteiger partial charge in [0, 0.05) is 27.7 Å². The van der Waals surface area contributed by atoms with Gasteiger partial charge >= 0.3 is 0 Å². The first-order chi connectivity index (χ1) is 8.91. The van der Waals surface area contributed by atoms with Crippen molar-refractivity contribution in [1.29, 1.82) is 0 Å². The molecule has 0 aromatic heterocycles. The Morgan fingerprint density at radius 1 is 1.37 bits per heavy atom. The first kappa shape index (κ1) is 14.4. The van der Waals surface area contributed by atoms with Crippen LogP contribution in [0.3, 0.4) is 0 Å². The molecule has 0 amide bonds. The summed E-state index contributed by atoms with van der Waals surface area (Å²) in [7, 11) is 0. The highest BCUT2D eigenvalue weighted by atomic mass is 35.5. The van der Waals surface area contributed by atoms with E-state index in [0.29, 0.717) is 28.2 Å². The van der Waals surface area contributed by atoms with Gasteiger partial charge in [-0.2, -0.15) is 0 Å². The minimum atomic E-state index is -0.388. The number of aliphatic imine (C=N–C) groups is 1. The molecule has 1 heterocycles. The standard InChI is InChI=1S/C14H16Cl2N2O/c1-4-14(3)8(2)19-13(18-14)9-5-11(15)10(7-17)12(16)6-9/h5-6H,2,4,7,17H2,1,3H3/t14-/m1/s1. The van der Waals surface area contributed by atoms with Gasteiger partial charge in [0.2, 0.25) is 5.90 Å². The van der Waals surface area contributed by atoms with Crippen LogP contribution in [0.5, 0.6) is 0 Å². The number of hydrogen-bond acceptors (Lipinski definition) is 3. The third-order valence-electron chi connectivity index (χ3n) is 3.45. The van der Waals surface area contributed by atoms with E-state index in [2.05, 4.69) is 11.6 Å². The first-order valence-electron chi connectivity index (χ1n) is 6.06. The van der Waals surface area contributed by atoms with Crippen molar-refractivity contribution in [3.8, 4) is 0 Å². The number of benzene rings is 1. The Labute approximate surface area is 123 Å². The summed E-state index contributed by atoms with van der Waals surface area (Å²) < 4.78 is 5.64. The average Bonchev–Trinajstić information content (AvgIpc) is 2.66. The van der Waals surface area contributed by atoms with Crippen LogP contribution in [-0.4, -0.2) is 11.4 Å². The summed E-state index contributed by atoms with van der Waals surface area (Å²) in [5.41, 5.74) is 6.68. The summed E-state index contributed by atoms with van der Waals surface area (Å²) in [6.45, 7) is 8.23. The summed E-state index contributed by atoms with van der Waals surface area (Å²) >= 11 is 12.3. The van der Waals surface area contributed by atoms with Crippen LogP contribution in [0.1, 0.15) is 31.4 Å². The molecule has 0 saturated heterocycles. The van der Waals surface area contributed by atoms with Gasteiger partial charge in [-0.1, -0.05) is 36.7 Å². The van der Waals surface area contributed by atoms with Crippen molar-refractivity contribution in [2.24, 2.45) is 10.7 Å². The van der Waals surface area contributed by atoms with Gasteiger partial charge in [-0.25, -0.2) is 4.99 Å². The van der Waals surface area contributed by atoms with E-state index < -0.39 is 0 Å². The molecule has 19 heavy (non-hydrogen) atoms. The molecule has 1 atom stereocenters. The Hall–Kier alpha value is -1.03. The molecular formula is C14H16Cl2N2O. The van der Waals surface area contributed by atoms with E-state index in [1.807, 2.05) is 13.8 Å². The van der Waals surface area contributed by atoms with Crippen LogP contribution >= 0.6 is 23.2 Å². The first-order valence-corrected chi connectivity index (χ1v) is 6.82. The molecule has 2 rings (SSSR count). The topological polar surface area (TPSA) is 47.6 Å². The highest BCUT2D eigenvalue weighted by Crippen LogP contribution is 2.34. The van der Waals surface area contributed by atoms with Crippen LogP contribution in [-0.2, 0) is 11.3 Å². The van der Waals surface area contributed by atoms with Crippen molar-refractivity contribution in [2.45, 2.75) is 32.4 Å². The molecule has 1 aliphatic rings. The van der Waals surface area contributed by atoms with E-state index in [1.54, 1.807) is 12.1 Å². The minimum Gasteiger partial charge on any atom is -0.441 e. The molecule has 0 aliphatic carbocycles. The molecule has 0 fully saturated rings. The monoisotopic (exact) mass is 298 g/mol. The number of ether oxygens (including phenoxy) is 1. The second-order valence-electron chi connectivity index (χ2n) is 4.69. The lowest BCUT2D eigenvalue weighted by molar-refractivity contribution is 0.365. The molecule has 0 bridgehead atoms. The maximum absolute atomic E-state index is 6.16. The van der Waals surface area contributed by atoms with E-state index in [4.69, 9.17) is 33.7 Å². The Morgan fingerprint density at radius 2 is 1.95 bits per heavy atom. The van der Waals surface area contributed by atoms with Crippen LogP contribution in [0.4, 0.5) is 0 Å². The lowest BCUT2D eigenvalue weighted by atomic mass is 9.99. The Bertz CT molecular complexity index is 546. The number of nitrogens with two attached hydrogens (primary N) is 1. The maximum Gasteiger partial charge on any atom is 0.222 e. The van der Waals surface area contributed by atoms with Crippen molar-refractivity contribution in [3.63, 3.8) is 0 Å². The van der Waals surface area contributed by atoms with Gasteiger partial charge in [-0.05, 0) is 25.5 Å². The second kappa shape index (κ2) is 5.16. The molecule has 0 saturated carbocycles. The van der Waals surface area contributed by atoms with Gasteiger partial charge in [0.1, 0.15) is 11.3 Å². The lowest BCUT2D eigenvalue weighted by Crippen LogP contribution is -2.19. The number of nitrogens with zero attached hydrogens (tertiary/aromatic N) is 1. The van der Waals surface area contributed by atoms with E-state index in [1.165, 1.54) is 0 Å². The highest BCUT2D eigenvalue weighted by molar-refractivity contribution is 6.36. The molecule has 1 aromatic carbocycles. The van der Waals surface area contributed by atoms with Crippen molar-refractivity contribution in [1.82, 2.24) is 0 Å². The Morgan fingerprint density at radius 3 is 2.37 bits per heavy atom. The summed E-state index contributed by atoms with van der Waals surface area (Å²) in [5.74, 6) is 1.14. The summed E-state index contributed by atoms with van der Waals surface area (Å²) in [6.07, 6.45) is 0.817. The van der Waals surface area contributed by atoms with Crippen molar-refractivity contribution in [3.05, 3.63) is 45.6 Å². The fourth-order valence-electron chi connectivity index (χ4n) is 1.86. The minimum absolute atomic E-state index is 0.296. The SMILES string of the molecule is C=C1OC(c2cc(Cl)c(CN)c(Cl)c2)=N[C@]1(C)CC. The number of halogens is 2. The Kier molecular flexibility index (Phi) is 3.90. The third kappa shape index (κ3) is 2.50. The lowest BCUT2D eigenvalue weighted by Gasteiger charge is -2.16. The predicted octanol–water partition coefficient (Wildman–Crippen LogP) is 3.91. The van der Waals surface area contributed by atoms with Gasteiger partial charge in [-0.15, -0.1) is 0 Å². The normalized spacial score (nSPS) is 22.4. The zero-order valence-electron chi connectivity index (χ0n) is 11.0. The maximum atomic E-state index is 6.16. The molecule has 5 heteroatoms. The Balaban J connectivity index is 2.45. The van der Waals surface area contributed by atoms with Gasteiger partial charge in [0.25, 0.3) is 0 Å². The van der Waals surface area contributed by atoms with Crippen LogP contribution in [0, 0.1) is 0 Å². The van der Waals surface area contributed by atoms with E-state index in [0.717, 1.165) is 17.5 Å². The van der Waals surface area contributed by atoms with E-state index in [9.17, 15) is 0 Å². The van der Waals surface area contributed by atoms with Crippen molar-refractivity contribution in [2.75, 3.05) is 0 Å². The number of hydrogen-bond donors (Lipinski definition) is 1. The molecule has 1 aromatic rings. The highest BCUT2D eigenvalue weighted by Gasteiger charge is 2.35. The molecule has 2 N–H and O–H groups in total. The predicted molar refractivity (Wildman–Crippen MR) is 79.8 cm³/mol. The fraction of sp³-hybridized carbons (Fsp3) is 0.357. The molecule has 3 nitrogen and oxygen atoms in total. The summed E-state index contributed by atoms with van der Waals surface area (Å²) in [6, 6.07) is 3.53. The molecule has 0 unspecified atom stereocenters. The van der Waals surface area contributed by atoms with Crippen LogP contribution < -0.4 is 5.73 Å². The molecule has 102 valence electrons. The quantitative estimate of drug-likeness (QED) is 0.919. The van der Waals surface area contributed by atoms with E-state index in [-0.39, 0.29) is 5.54 Å². The van der Waals surface area contributed by atoms with Crippen LogP contribution in [0.2, 0.25) is 10.0 Å². The average molecular weight is 299 g/mol. The molecule has 1 aliphatic heterocycles. The number of rotatable bonds is 3. The zero-order valence-corrected chi connectivity index (χ0v) is 12.5. The molecular weight excluding hydrogens is 283 g/mol. The zero-order chi connectivity index (χ0) is 14.2. The van der Waals surface area contributed by atoms with Gasteiger partial charge in [0.05, 0.1) is 0 Å². The summed E-state index contributed by atoms with van der Waals surface area (Å²) in [5, 5.41) is 1.04. The van der Waals surface area contributed by atoms with Gasteiger partial charge in [-0.3, -0.25) is 0 Å². The van der Waals surface area contributed by atoms with Crippen LogP contribution in [0.15, 0.2) is 29.5 Å². The summed E-state index contributed by atoms with van der Waals surface area (Å²) in [4.78, 5) is 4.57. The van der Waals surface area contributed by atoms with Gasteiger partial charge < -0.3 is 10.5 Å². The van der Waals surface area contributed by atoms with Crippen LogP contribution in [0.25, 0.3) is 0 Å². The largest absolute Gasteiger partial charge is 0.441 e. The van der Waals surface area contributed by atoms with E-state index >= 15 is 0 Å². The van der Waals surface area contributed by atoms with Crippen molar-refractivity contribution >= 4 is 29.1 Å². The van der Waals surface area contributed by atoms with Crippen molar-refractivity contribution < 1.29 is 4.74 Å². The molecule has 0 spiro atoms. The van der Waals surface area contributed by atoms with Gasteiger partial charge in [0.15, 0.2) is 0 Å². The fourth-order valence-corrected chi connectivity index (χ4v) is 2.50. The third-order valence-corrected chi connectivity index (χ3v) is 4.12. The second-order valence-corrected chi connectivity index (χ2v) is 5.51.